The van der Waals surface area contributed by atoms with Crippen molar-refractivity contribution in [1.82, 2.24) is 15.0 Å². The Morgan fingerprint density at radius 1 is 1.14 bits per heavy atom. The van der Waals surface area contributed by atoms with E-state index < -0.39 is 0 Å². The summed E-state index contributed by atoms with van der Waals surface area (Å²) in [5.74, 6) is 0.657. The van der Waals surface area contributed by atoms with Gasteiger partial charge < -0.3 is 5.73 Å². The Bertz CT molecular complexity index is 436. The molecule has 4 heteroatoms. The van der Waals surface area contributed by atoms with Crippen molar-refractivity contribution in [2.24, 2.45) is 0 Å². The van der Waals surface area contributed by atoms with E-state index in [1.54, 1.807) is 24.8 Å². The van der Waals surface area contributed by atoms with Crippen LogP contribution in [0, 0.1) is 6.92 Å². The van der Waals surface area contributed by atoms with Gasteiger partial charge in [-0.3, -0.25) is 4.98 Å². The molecule has 2 rings (SSSR count). The van der Waals surface area contributed by atoms with Crippen molar-refractivity contribution >= 4 is 5.69 Å². The van der Waals surface area contributed by atoms with Gasteiger partial charge in [0.25, 0.3) is 0 Å². The molecule has 0 aromatic carbocycles. The van der Waals surface area contributed by atoms with Gasteiger partial charge in [-0.15, -0.1) is 0 Å². The fourth-order valence-electron chi connectivity index (χ4n) is 1.18. The summed E-state index contributed by atoms with van der Waals surface area (Å²) >= 11 is 0. The molecule has 0 unspecified atom stereocenters. The van der Waals surface area contributed by atoms with Crippen LogP contribution in [0.25, 0.3) is 11.4 Å². The van der Waals surface area contributed by atoms with Gasteiger partial charge in [-0.2, -0.15) is 0 Å². The largest absolute Gasteiger partial charge is 0.396 e. The molecule has 0 atom stereocenters. The Kier molecular flexibility index (Phi) is 2.10. The summed E-state index contributed by atoms with van der Waals surface area (Å²) in [5, 5.41) is 0. The van der Waals surface area contributed by atoms with Gasteiger partial charge in [-0.1, -0.05) is 0 Å². The van der Waals surface area contributed by atoms with Gasteiger partial charge in [0.2, 0.25) is 0 Å². The van der Waals surface area contributed by atoms with Crippen molar-refractivity contribution in [3.8, 4) is 11.4 Å². The molecule has 0 fully saturated rings. The second-order valence-corrected chi connectivity index (χ2v) is 3.03. The molecule has 2 heterocycles. The van der Waals surface area contributed by atoms with Gasteiger partial charge in [0.1, 0.15) is 0 Å². The maximum atomic E-state index is 5.50. The average molecular weight is 186 g/mol. The number of pyridine rings is 1. The number of nitrogens with two attached hydrogens (primary N) is 1. The summed E-state index contributed by atoms with van der Waals surface area (Å²) < 4.78 is 0. The number of nitrogen functional groups attached to an aromatic ring is 1. The summed E-state index contributed by atoms with van der Waals surface area (Å²) in [7, 11) is 0. The fraction of sp³-hybridized carbons (Fsp3) is 0.100. The molecule has 0 spiro atoms. The van der Waals surface area contributed by atoms with Gasteiger partial charge in [-0.05, 0) is 18.6 Å². The number of nitrogens with zero attached hydrogens (tertiary/aromatic N) is 3. The topological polar surface area (TPSA) is 64.7 Å². The molecule has 0 aliphatic rings. The van der Waals surface area contributed by atoms with E-state index in [9.17, 15) is 0 Å². The summed E-state index contributed by atoms with van der Waals surface area (Å²) in [6.45, 7) is 2.00. The predicted octanol–water partition coefficient (Wildman–Crippen LogP) is 1.43. The lowest BCUT2D eigenvalue weighted by atomic mass is 10.1. The quantitative estimate of drug-likeness (QED) is 0.731. The van der Waals surface area contributed by atoms with Crippen LogP contribution in [0.5, 0.6) is 0 Å². The molecule has 0 bridgehead atoms. The second-order valence-electron chi connectivity index (χ2n) is 3.03. The third-order valence-corrected chi connectivity index (χ3v) is 1.95. The lowest BCUT2D eigenvalue weighted by Gasteiger charge is -2.02. The van der Waals surface area contributed by atoms with Crippen LogP contribution in [0.1, 0.15) is 5.56 Å². The monoisotopic (exact) mass is 186 g/mol. The van der Waals surface area contributed by atoms with Crippen molar-refractivity contribution in [3.63, 3.8) is 0 Å². The Morgan fingerprint density at radius 2 is 1.86 bits per heavy atom. The number of aromatic nitrogens is 3. The average Bonchev–Trinajstić information content (AvgIpc) is 2.20. The van der Waals surface area contributed by atoms with Gasteiger partial charge in [0.15, 0.2) is 5.82 Å². The highest BCUT2D eigenvalue weighted by Crippen LogP contribution is 2.17. The fourth-order valence-corrected chi connectivity index (χ4v) is 1.18. The summed E-state index contributed by atoms with van der Waals surface area (Å²) in [6, 6.07) is 1.93. The van der Waals surface area contributed by atoms with E-state index in [0.717, 1.165) is 11.1 Å². The normalized spacial score (nSPS) is 10.1. The standard InChI is InChI=1S/C10H10N4/c1-7-2-3-12-6-9(7)10-13-4-8(11)5-14-10/h2-6H,11H2,1H3. The Balaban J connectivity index is 2.50. The first-order chi connectivity index (χ1) is 6.77. The van der Waals surface area contributed by atoms with Crippen LogP contribution in [0.2, 0.25) is 0 Å². The molecule has 0 amide bonds. The Labute approximate surface area is 81.9 Å². The molecular formula is C10H10N4. The van der Waals surface area contributed by atoms with E-state index in [4.69, 9.17) is 5.73 Å². The van der Waals surface area contributed by atoms with Crippen LogP contribution in [0.4, 0.5) is 5.69 Å². The zero-order chi connectivity index (χ0) is 9.97. The summed E-state index contributed by atoms with van der Waals surface area (Å²) in [6.07, 6.45) is 6.68. The van der Waals surface area contributed by atoms with Crippen LogP contribution in [-0.2, 0) is 0 Å². The molecule has 0 aliphatic carbocycles. The van der Waals surface area contributed by atoms with Gasteiger partial charge in [0, 0.05) is 18.0 Å². The van der Waals surface area contributed by atoms with E-state index in [-0.39, 0.29) is 0 Å². The highest BCUT2D eigenvalue weighted by molar-refractivity contribution is 5.58. The molecule has 2 N–H and O–H groups in total. The minimum atomic E-state index is 0.565. The number of aryl methyl sites for hydroxylation is 1. The van der Waals surface area contributed by atoms with Crippen LogP contribution in [0.3, 0.4) is 0 Å². The first kappa shape index (κ1) is 8.62. The van der Waals surface area contributed by atoms with Crippen LogP contribution in [0.15, 0.2) is 30.9 Å². The molecule has 0 saturated heterocycles. The van der Waals surface area contributed by atoms with E-state index in [2.05, 4.69) is 15.0 Å². The van der Waals surface area contributed by atoms with E-state index in [1.165, 1.54) is 0 Å². The number of hydrogen-bond acceptors (Lipinski definition) is 4. The van der Waals surface area contributed by atoms with Crippen molar-refractivity contribution in [2.75, 3.05) is 5.73 Å². The SMILES string of the molecule is Cc1ccncc1-c1ncc(N)cn1. The number of rotatable bonds is 1. The number of hydrogen-bond donors (Lipinski definition) is 1. The van der Waals surface area contributed by atoms with Crippen molar-refractivity contribution in [3.05, 3.63) is 36.4 Å². The van der Waals surface area contributed by atoms with Crippen molar-refractivity contribution < 1.29 is 0 Å². The lowest BCUT2D eigenvalue weighted by Crippen LogP contribution is -1.94. The predicted molar refractivity (Wildman–Crippen MR) is 54.4 cm³/mol. The van der Waals surface area contributed by atoms with E-state index in [0.29, 0.717) is 11.5 Å². The summed E-state index contributed by atoms with van der Waals surface area (Å²) in [5.41, 5.74) is 8.11. The zero-order valence-corrected chi connectivity index (χ0v) is 7.81. The van der Waals surface area contributed by atoms with E-state index in [1.807, 2.05) is 13.0 Å². The van der Waals surface area contributed by atoms with Crippen molar-refractivity contribution in [1.29, 1.82) is 0 Å². The maximum absolute atomic E-state index is 5.50. The second kappa shape index (κ2) is 3.41. The van der Waals surface area contributed by atoms with E-state index >= 15 is 0 Å². The van der Waals surface area contributed by atoms with Gasteiger partial charge in [-0.25, -0.2) is 9.97 Å². The molecular weight excluding hydrogens is 176 g/mol. The number of anilines is 1. The third-order valence-electron chi connectivity index (χ3n) is 1.95. The molecule has 2 aromatic heterocycles. The molecule has 2 aromatic rings. The first-order valence-electron chi connectivity index (χ1n) is 4.26. The molecule has 14 heavy (non-hydrogen) atoms. The maximum Gasteiger partial charge on any atom is 0.161 e. The smallest absolute Gasteiger partial charge is 0.161 e. The minimum absolute atomic E-state index is 0.565. The molecule has 0 radical (unpaired) electrons. The highest BCUT2D eigenvalue weighted by atomic mass is 14.9. The van der Waals surface area contributed by atoms with Crippen molar-refractivity contribution in [2.45, 2.75) is 6.92 Å². The lowest BCUT2D eigenvalue weighted by molar-refractivity contribution is 1.15. The first-order valence-corrected chi connectivity index (χ1v) is 4.26. The minimum Gasteiger partial charge on any atom is -0.396 e. The third kappa shape index (κ3) is 1.54. The van der Waals surface area contributed by atoms with Crippen LogP contribution in [-0.4, -0.2) is 15.0 Å². The van der Waals surface area contributed by atoms with Crippen LogP contribution < -0.4 is 5.73 Å². The zero-order valence-electron chi connectivity index (χ0n) is 7.81. The summed E-state index contributed by atoms with van der Waals surface area (Å²) in [4.78, 5) is 12.3. The van der Waals surface area contributed by atoms with Crippen LogP contribution >= 0.6 is 0 Å². The highest BCUT2D eigenvalue weighted by Gasteiger charge is 2.03. The Morgan fingerprint density at radius 3 is 2.50 bits per heavy atom. The molecule has 0 aliphatic heterocycles. The molecule has 4 nitrogen and oxygen atoms in total. The molecule has 0 saturated carbocycles. The van der Waals surface area contributed by atoms with Gasteiger partial charge in [0.05, 0.1) is 18.1 Å². The Hall–Kier alpha value is -1.97. The van der Waals surface area contributed by atoms with Gasteiger partial charge >= 0.3 is 0 Å². The molecule has 70 valence electrons.